The van der Waals surface area contributed by atoms with Crippen LogP contribution in [-0.2, 0) is 0 Å². The van der Waals surface area contributed by atoms with Crippen molar-refractivity contribution in [1.82, 2.24) is 15.0 Å². The van der Waals surface area contributed by atoms with E-state index in [0.717, 1.165) is 12.1 Å². The number of nitro groups is 1. The lowest BCUT2D eigenvalue weighted by atomic mass is 10.2. The number of rotatable bonds is 4. The van der Waals surface area contributed by atoms with Crippen LogP contribution in [0, 0.1) is 10.1 Å². The summed E-state index contributed by atoms with van der Waals surface area (Å²) in [5.41, 5.74) is 1.31. The molecule has 1 unspecified atom stereocenters. The summed E-state index contributed by atoms with van der Waals surface area (Å²) in [5, 5.41) is 18.8. The molecule has 6 nitrogen and oxygen atoms in total. The Morgan fingerprint density at radius 3 is 2.89 bits per heavy atom. The number of nitrogens with zero attached hydrogens (tertiary/aromatic N) is 4. The van der Waals surface area contributed by atoms with Crippen LogP contribution in [0.4, 0.5) is 5.69 Å². The fraction of sp³-hybridized carbons (Fsp3) is 0.273. The maximum Gasteiger partial charge on any atom is 0.288 e. The first-order valence-electron chi connectivity index (χ1n) is 5.53. The second kappa shape index (κ2) is 5.66. The van der Waals surface area contributed by atoms with Crippen molar-refractivity contribution in [2.45, 2.75) is 18.2 Å². The third-order valence-electron chi connectivity index (χ3n) is 2.58. The minimum atomic E-state index is -0.523. The van der Waals surface area contributed by atoms with E-state index in [1.54, 1.807) is 12.3 Å². The Morgan fingerprint density at radius 2 is 2.32 bits per heavy atom. The molecule has 0 amide bonds. The molecule has 0 fully saturated rings. The smallest absolute Gasteiger partial charge is 0.258 e. The molecule has 8 heteroatoms. The van der Waals surface area contributed by atoms with E-state index in [9.17, 15) is 10.1 Å². The Hall–Kier alpha value is -1.47. The number of benzene rings is 1. The van der Waals surface area contributed by atoms with Crippen molar-refractivity contribution in [2.24, 2.45) is 0 Å². The van der Waals surface area contributed by atoms with Crippen LogP contribution >= 0.6 is 27.5 Å². The molecule has 100 valence electrons. The lowest BCUT2D eigenvalue weighted by Gasteiger charge is -2.02. The van der Waals surface area contributed by atoms with Gasteiger partial charge in [0.25, 0.3) is 5.69 Å². The summed E-state index contributed by atoms with van der Waals surface area (Å²) in [4.78, 5) is 10.3. The number of halogens is 2. The van der Waals surface area contributed by atoms with Crippen molar-refractivity contribution in [3.8, 4) is 5.69 Å². The fourth-order valence-corrected chi connectivity index (χ4v) is 2.00. The molecule has 1 heterocycles. The van der Waals surface area contributed by atoms with E-state index in [1.165, 1.54) is 16.8 Å². The summed E-state index contributed by atoms with van der Waals surface area (Å²) in [6, 6.07) is 4.43. The predicted molar refractivity (Wildman–Crippen MR) is 75.0 cm³/mol. The third kappa shape index (κ3) is 2.93. The van der Waals surface area contributed by atoms with Gasteiger partial charge in [0, 0.05) is 6.07 Å². The van der Waals surface area contributed by atoms with Crippen molar-refractivity contribution in [1.29, 1.82) is 0 Å². The number of hydrogen-bond donors (Lipinski definition) is 0. The average molecular weight is 346 g/mol. The van der Waals surface area contributed by atoms with Gasteiger partial charge in [-0.05, 0) is 18.6 Å². The standard InChI is InChI=1S/C11H10BrClN4O2/c1-2-8(12)10-6-16(15-14-10)7-3-4-11(17(18)19)9(13)5-7/h3-6,8H,2H2,1H3. The van der Waals surface area contributed by atoms with E-state index in [-0.39, 0.29) is 15.5 Å². The quantitative estimate of drug-likeness (QED) is 0.481. The highest BCUT2D eigenvalue weighted by atomic mass is 79.9. The highest BCUT2D eigenvalue weighted by Crippen LogP contribution is 2.28. The van der Waals surface area contributed by atoms with E-state index in [0.29, 0.717) is 5.69 Å². The largest absolute Gasteiger partial charge is 0.288 e. The highest BCUT2D eigenvalue weighted by molar-refractivity contribution is 9.09. The summed E-state index contributed by atoms with van der Waals surface area (Å²) >= 11 is 9.34. The summed E-state index contributed by atoms with van der Waals surface area (Å²) in [6.45, 7) is 2.03. The first-order chi connectivity index (χ1) is 9.02. The van der Waals surface area contributed by atoms with Crippen LogP contribution in [0.2, 0.25) is 5.02 Å². The zero-order chi connectivity index (χ0) is 14.0. The van der Waals surface area contributed by atoms with E-state index in [4.69, 9.17) is 11.6 Å². The minimum absolute atomic E-state index is 0.0745. The normalized spacial score (nSPS) is 12.4. The van der Waals surface area contributed by atoms with Gasteiger partial charge in [0.15, 0.2) is 0 Å². The molecule has 0 N–H and O–H groups in total. The summed E-state index contributed by atoms with van der Waals surface area (Å²) in [5.74, 6) is 0. The van der Waals surface area contributed by atoms with Crippen LogP contribution in [0.1, 0.15) is 23.9 Å². The molecule has 0 aliphatic heterocycles. The van der Waals surface area contributed by atoms with Gasteiger partial charge in [0.2, 0.25) is 0 Å². The van der Waals surface area contributed by atoms with Gasteiger partial charge in [0.1, 0.15) is 5.02 Å². The molecule has 2 rings (SSSR count). The second-order valence-electron chi connectivity index (χ2n) is 3.86. The van der Waals surface area contributed by atoms with Gasteiger partial charge in [-0.2, -0.15) is 0 Å². The Balaban J connectivity index is 2.35. The van der Waals surface area contributed by atoms with Crippen LogP contribution in [-0.4, -0.2) is 19.9 Å². The summed E-state index contributed by atoms with van der Waals surface area (Å²) in [6.07, 6.45) is 2.65. The van der Waals surface area contributed by atoms with Crippen LogP contribution in [0.15, 0.2) is 24.4 Å². The van der Waals surface area contributed by atoms with Gasteiger partial charge < -0.3 is 0 Å². The Kier molecular flexibility index (Phi) is 4.16. The van der Waals surface area contributed by atoms with Crippen LogP contribution in [0.25, 0.3) is 5.69 Å². The van der Waals surface area contributed by atoms with E-state index < -0.39 is 4.92 Å². The highest BCUT2D eigenvalue weighted by Gasteiger charge is 2.15. The molecule has 0 spiro atoms. The topological polar surface area (TPSA) is 73.8 Å². The van der Waals surface area contributed by atoms with Gasteiger partial charge in [-0.15, -0.1) is 5.10 Å². The molecule has 0 aliphatic carbocycles. The van der Waals surface area contributed by atoms with Crippen LogP contribution in [0.5, 0.6) is 0 Å². The Morgan fingerprint density at radius 1 is 1.58 bits per heavy atom. The van der Waals surface area contributed by atoms with Crippen LogP contribution < -0.4 is 0 Å². The van der Waals surface area contributed by atoms with E-state index >= 15 is 0 Å². The first kappa shape index (κ1) is 14.0. The summed E-state index contributed by atoms with van der Waals surface area (Å²) in [7, 11) is 0. The molecule has 19 heavy (non-hydrogen) atoms. The molecular weight excluding hydrogens is 336 g/mol. The molecule has 0 radical (unpaired) electrons. The molecule has 1 aromatic heterocycles. The van der Waals surface area contributed by atoms with E-state index in [1.807, 2.05) is 6.92 Å². The van der Waals surface area contributed by atoms with Crippen molar-refractivity contribution in [3.63, 3.8) is 0 Å². The number of nitro benzene ring substituents is 1. The molecule has 1 aromatic carbocycles. The van der Waals surface area contributed by atoms with Gasteiger partial charge in [0.05, 0.1) is 27.3 Å². The lowest BCUT2D eigenvalue weighted by molar-refractivity contribution is -0.384. The van der Waals surface area contributed by atoms with Gasteiger partial charge in [-0.1, -0.05) is 39.7 Å². The number of hydrogen-bond acceptors (Lipinski definition) is 4. The molecule has 1 atom stereocenters. The Labute approximate surface area is 122 Å². The number of alkyl halides is 1. The zero-order valence-electron chi connectivity index (χ0n) is 9.96. The van der Waals surface area contributed by atoms with Crippen LogP contribution in [0.3, 0.4) is 0 Å². The monoisotopic (exact) mass is 344 g/mol. The first-order valence-corrected chi connectivity index (χ1v) is 6.83. The minimum Gasteiger partial charge on any atom is -0.258 e. The van der Waals surface area contributed by atoms with Gasteiger partial charge in [-0.25, -0.2) is 4.68 Å². The summed E-state index contributed by atoms with van der Waals surface area (Å²) < 4.78 is 1.54. The van der Waals surface area contributed by atoms with Crippen molar-refractivity contribution in [2.75, 3.05) is 0 Å². The van der Waals surface area contributed by atoms with Crippen molar-refractivity contribution in [3.05, 3.63) is 45.2 Å². The predicted octanol–water partition coefficient (Wildman–Crippen LogP) is 3.67. The number of aromatic nitrogens is 3. The average Bonchev–Trinajstić information content (AvgIpc) is 2.86. The maximum absolute atomic E-state index is 10.7. The van der Waals surface area contributed by atoms with E-state index in [2.05, 4.69) is 26.2 Å². The maximum atomic E-state index is 10.7. The fourth-order valence-electron chi connectivity index (χ4n) is 1.54. The second-order valence-corrected chi connectivity index (χ2v) is 5.37. The molecule has 0 bridgehead atoms. The van der Waals surface area contributed by atoms with Gasteiger partial charge in [-0.3, -0.25) is 10.1 Å². The molecular formula is C11H10BrClN4O2. The lowest BCUT2D eigenvalue weighted by Crippen LogP contribution is -1.96. The molecule has 2 aromatic rings. The molecule has 0 saturated carbocycles. The van der Waals surface area contributed by atoms with Gasteiger partial charge >= 0.3 is 0 Å². The molecule has 0 aliphatic rings. The van der Waals surface area contributed by atoms with Crippen molar-refractivity contribution < 1.29 is 4.92 Å². The SMILES string of the molecule is CCC(Br)c1cn(-c2ccc([N+](=O)[O-])c(Cl)c2)nn1. The van der Waals surface area contributed by atoms with Crippen molar-refractivity contribution >= 4 is 33.2 Å². The molecule has 0 saturated heterocycles. The zero-order valence-corrected chi connectivity index (χ0v) is 12.3. The third-order valence-corrected chi connectivity index (χ3v) is 4.00. The Bertz CT molecular complexity index is 616.